The number of amides is 1. The lowest BCUT2D eigenvalue weighted by atomic mass is 10.0. The van der Waals surface area contributed by atoms with Gasteiger partial charge in [0.1, 0.15) is 6.10 Å². The average molecular weight is 788 g/mol. The molecule has 5 heteroatoms. The predicted octanol–water partition coefficient (Wildman–Crippen LogP) is 14.7. The molecule has 0 spiro atoms. The molecular formula is C51H97NO4. The van der Waals surface area contributed by atoms with Crippen LogP contribution in [0.3, 0.4) is 0 Å². The van der Waals surface area contributed by atoms with Gasteiger partial charge in [-0.25, -0.2) is 0 Å². The highest BCUT2D eigenvalue weighted by atomic mass is 16.3. The van der Waals surface area contributed by atoms with Gasteiger partial charge in [-0.2, -0.15) is 0 Å². The Labute approximate surface area is 349 Å². The number of hydrogen-bond donors (Lipinski definition) is 4. The number of aliphatic hydroxyl groups excluding tert-OH is 3. The standard InChI is InChI=1S/C51H97NO4/c1-3-5-7-9-11-13-15-17-19-21-23-25-26-28-30-32-34-36-38-40-42-44-46-50(55)52-48(47-53)51(56)49(54)45-43-41-39-37-35-33-31-29-27-24-22-20-18-16-14-12-10-8-6-4-2/h26,28-29,31,37,39,48-49,51,53-54,56H,3-25,27,30,32-36,38,40-47H2,1-2H3,(H,52,55)/b28-26-,31-29+,39-37+. The Kier molecular flexibility index (Phi) is 45.1. The Balaban J connectivity index is 3.66. The molecule has 0 rings (SSSR count). The molecule has 0 aromatic carbocycles. The summed E-state index contributed by atoms with van der Waals surface area (Å²) in [6, 6.07) is -0.835. The first kappa shape index (κ1) is 54.6. The van der Waals surface area contributed by atoms with Gasteiger partial charge in [-0.15, -0.1) is 0 Å². The molecule has 4 N–H and O–H groups in total. The molecule has 0 radical (unpaired) electrons. The normalized spacial score (nSPS) is 13.7. The predicted molar refractivity (Wildman–Crippen MR) is 245 cm³/mol. The summed E-state index contributed by atoms with van der Waals surface area (Å²) in [5.74, 6) is -0.161. The number of unbranched alkanes of at least 4 members (excludes halogenated alkanes) is 31. The van der Waals surface area contributed by atoms with E-state index in [0.29, 0.717) is 12.8 Å². The molecule has 0 saturated carbocycles. The Hall–Kier alpha value is -1.43. The van der Waals surface area contributed by atoms with Crippen LogP contribution in [0.25, 0.3) is 0 Å². The molecule has 0 heterocycles. The lowest BCUT2D eigenvalue weighted by molar-refractivity contribution is -0.124. The Morgan fingerprint density at radius 2 is 0.732 bits per heavy atom. The van der Waals surface area contributed by atoms with Gasteiger partial charge in [0.2, 0.25) is 5.91 Å². The third-order valence-corrected chi connectivity index (χ3v) is 11.4. The first-order valence-corrected chi connectivity index (χ1v) is 24.8. The summed E-state index contributed by atoms with van der Waals surface area (Å²) >= 11 is 0. The summed E-state index contributed by atoms with van der Waals surface area (Å²) in [5, 5.41) is 33.6. The maximum Gasteiger partial charge on any atom is 0.220 e. The number of nitrogens with one attached hydrogen (secondary N) is 1. The minimum absolute atomic E-state index is 0.161. The van der Waals surface area contributed by atoms with Crippen LogP contribution in [0.15, 0.2) is 36.5 Å². The zero-order chi connectivity index (χ0) is 40.8. The highest BCUT2D eigenvalue weighted by molar-refractivity contribution is 5.76. The number of aliphatic hydroxyl groups is 3. The first-order chi connectivity index (χ1) is 27.6. The molecule has 0 aromatic rings. The molecule has 0 bridgehead atoms. The number of allylic oxidation sites excluding steroid dienone is 6. The number of hydrogen-bond acceptors (Lipinski definition) is 4. The van der Waals surface area contributed by atoms with E-state index in [-0.39, 0.29) is 12.5 Å². The van der Waals surface area contributed by atoms with Crippen molar-refractivity contribution in [1.29, 1.82) is 0 Å². The van der Waals surface area contributed by atoms with E-state index in [1.54, 1.807) is 0 Å². The fourth-order valence-electron chi connectivity index (χ4n) is 7.59. The topological polar surface area (TPSA) is 89.8 Å². The largest absolute Gasteiger partial charge is 0.394 e. The van der Waals surface area contributed by atoms with Crippen molar-refractivity contribution in [3.63, 3.8) is 0 Å². The van der Waals surface area contributed by atoms with Crippen LogP contribution in [0, 0.1) is 0 Å². The third-order valence-electron chi connectivity index (χ3n) is 11.4. The van der Waals surface area contributed by atoms with Crippen molar-refractivity contribution >= 4 is 5.91 Å². The molecule has 330 valence electrons. The van der Waals surface area contributed by atoms with Crippen molar-refractivity contribution in [3.05, 3.63) is 36.5 Å². The Morgan fingerprint density at radius 3 is 1.09 bits per heavy atom. The van der Waals surface area contributed by atoms with Gasteiger partial charge in [0.15, 0.2) is 0 Å². The molecule has 0 fully saturated rings. The van der Waals surface area contributed by atoms with Crippen LogP contribution in [-0.2, 0) is 4.79 Å². The molecule has 0 aliphatic rings. The summed E-state index contributed by atoms with van der Waals surface area (Å²) in [4.78, 5) is 12.5. The van der Waals surface area contributed by atoms with Crippen LogP contribution in [-0.4, -0.2) is 46.1 Å². The van der Waals surface area contributed by atoms with Crippen LogP contribution in [0.1, 0.15) is 258 Å². The van der Waals surface area contributed by atoms with E-state index in [4.69, 9.17) is 0 Å². The van der Waals surface area contributed by atoms with E-state index in [0.717, 1.165) is 44.9 Å². The van der Waals surface area contributed by atoms with Crippen LogP contribution < -0.4 is 5.32 Å². The molecule has 0 aliphatic heterocycles. The number of rotatable bonds is 45. The van der Waals surface area contributed by atoms with Gasteiger partial charge in [-0.3, -0.25) is 4.79 Å². The quantitative estimate of drug-likeness (QED) is 0.0365. The molecule has 56 heavy (non-hydrogen) atoms. The van der Waals surface area contributed by atoms with Gasteiger partial charge in [0, 0.05) is 6.42 Å². The summed E-state index contributed by atoms with van der Waals surface area (Å²) in [7, 11) is 0. The Morgan fingerprint density at radius 1 is 0.429 bits per heavy atom. The fourth-order valence-corrected chi connectivity index (χ4v) is 7.59. The molecule has 1 amide bonds. The molecular weight excluding hydrogens is 691 g/mol. The third kappa shape index (κ3) is 40.8. The van der Waals surface area contributed by atoms with E-state index in [9.17, 15) is 20.1 Å². The average Bonchev–Trinajstić information content (AvgIpc) is 3.20. The van der Waals surface area contributed by atoms with Crippen LogP contribution >= 0.6 is 0 Å². The second kappa shape index (κ2) is 46.3. The number of carbonyl (C=O) groups is 1. The molecule has 5 nitrogen and oxygen atoms in total. The lowest BCUT2D eigenvalue weighted by Gasteiger charge is -2.26. The van der Waals surface area contributed by atoms with Crippen LogP contribution in [0.2, 0.25) is 0 Å². The van der Waals surface area contributed by atoms with Crippen LogP contribution in [0.4, 0.5) is 0 Å². The zero-order valence-electron chi connectivity index (χ0n) is 37.5. The van der Waals surface area contributed by atoms with Gasteiger partial charge >= 0.3 is 0 Å². The van der Waals surface area contributed by atoms with E-state index in [1.807, 2.05) is 0 Å². The summed E-state index contributed by atoms with van der Waals surface area (Å²) < 4.78 is 0. The van der Waals surface area contributed by atoms with E-state index in [2.05, 4.69) is 55.6 Å². The summed E-state index contributed by atoms with van der Waals surface area (Å²) in [5.41, 5.74) is 0. The summed E-state index contributed by atoms with van der Waals surface area (Å²) in [6.07, 6.45) is 58.4. The number of carbonyl (C=O) groups excluding carboxylic acids is 1. The van der Waals surface area contributed by atoms with Gasteiger partial charge in [0.25, 0.3) is 0 Å². The zero-order valence-corrected chi connectivity index (χ0v) is 37.5. The van der Waals surface area contributed by atoms with Crippen molar-refractivity contribution in [3.8, 4) is 0 Å². The molecule has 0 saturated heterocycles. The van der Waals surface area contributed by atoms with Gasteiger partial charge < -0.3 is 20.6 Å². The van der Waals surface area contributed by atoms with Crippen LogP contribution in [0.5, 0.6) is 0 Å². The second-order valence-electron chi connectivity index (χ2n) is 17.0. The SMILES string of the molecule is CCCCCCCCCCCCC/C=C\CCCCCCCCCC(=O)NC(CO)C(O)C(O)CCC/C=C/CC/C=C/CCCCCCCCCCCCC. The highest BCUT2D eigenvalue weighted by Gasteiger charge is 2.26. The molecule has 0 aromatic heterocycles. The lowest BCUT2D eigenvalue weighted by Crippen LogP contribution is -2.50. The maximum absolute atomic E-state index is 12.5. The van der Waals surface area contributed by atoms with Crippen molar-refractivity contribution in [2.75, 3.05) is 6.61 Å². The first-order valence-electron chi connectivity index (χ1n) is 24.8. The van der Waals surface area contributed by atoms with E-state index in [1.165, 1.54) is 186 Å². The van der Waals surface area contributed by atoms with Gasteiger partial charge in [0.05, 0.1) is 18.8 Å². The van der Waals surface area contributed by atoms with Crippen molar-refractivity contribution in [2.45, 2.75) is 276 Å². The minimum atomic E-state index is -1.17. The van der Waals surface area contributed by atoms with Gasteiger partial charge in [-0.1, -0.05) is 211 Å². The molecule has 0 aliphatic carbocycles. The minimum Gasteiger partial charge on any atom is -0.394 e. The van der Waals surface area contributed by atoms with E-state index < -0.39 is 18.2 Å². The molecule has 3 atom stereocenters. The van der Waals surface area contributed by atoms with Crippen molar-refractivity contribution in [1.82, 2.24) is 5.32 Å². The van der Waals surface area contributed by atoms with Crippen molar-refractivity contribution in [2.24, 2.45) is 0 Å². The Bertz CT molecular complexity index is 870. The van der Waals surface area contributed by atoms with Gasteiger partial charge in [-0.05, 0) is 77.0 Å². The second-order valence-corrected chi connectivity index (χ2v) is 17.0. The monoisotopic (exact) mass is 788 g/mol. The fraction of sp³-hybridized carbons (Fsp3) is 0.863. The molecule has 3 unspecified atom stereocenters. The summed E-state index contributed by atoms with van der Waals surface area (Å²) in [6.45, 7) is 4.18. The van der Waals surface area contributed by atoms with Crippen molar-refractivity contribution < 1.29 is 20.1 Å². The van der Waals surface area contributed by atoms with E-state index >= 15 is 0 Å². The maximum atomic E-state index is 12.5. The highest BCUT2D eigenvalue weighted by Crippen LogP contribution is 2.15. The smallest absolute Gasteiger partial charge is 0.220 e.